The first-order chi connectivity index (χ1) is 11.9. The summed E-state index contributed by atoms with van der Waals surface area (Å²) in [6, 6.07) is 14.0. The van der Waals surface area contributed by atoms with Crippen LogP contribution in [-0.2, 0) is 5.60 Å². The second kappa shape index (κ2) is 7.34. The van der Waals surface area contributed by atoms with Gasteiger partial charge in [0.2, 0.25) is 0 Å². The number of benzene rings is 2. The number of piperidine rings is 1. The molecule has 1 saturated heterocycles. The smallest absolute Gasteiger partial charge is 0.115 e. The molecule has 0 aliphatic carbocycles. The summed E-state index contributed by atoms with van der Waals surface area (Å²) in [6.45, 7) is 3.40. The van der Waals surface area contributed by atoms with Gasteiger partial charge in [-0.3, -0.25) is 4.90 Å². The van der Waals surface area contributed by atoms with Gasteiger partial charge in [-0.15, -0.1) is 0 Å². The number of phenolic OH excluding ortho intramolecular Hbond substituents is 1. The Bertz CT molecular complexity index is 694. The van der Waals surface area contributed by atoms with Crippen molar-refractivity contribution in [3.63, 3.8) is 0 Å². The van der Waals surface area contributed by atoms with Crippen LogP contribution in [0.2, 0.25) is 5.02 Å². The predicted octanol–water partition coefficient (Wildman–Crippen LogP) is 3.45. The molecule has 0 bridgehead atoms. The molecule has 3 rings (SSSR count). The molecule has 2 unspecified atom stereocenters. The Balaban J connectivity index is 1.64. The Kier molecular flexibility index (Phi) is 5.35. The highest BCUT2D eigenvalue weighted by atomic mass is 35.5. The number of aromatic hydroxyl groups is 1. The van der Waals surface area contributed by atoms with Crippen molar-refractivity contribution in [1.29, 1.82) is 0 Å². The van der Waals surface area contributed by atoms with E-state index in [4.69, 9.17) is 11.6 Å². The number of aliphatic hydroxyl groups is 2. The quantitative estimate of drug-likeness (QED) is 0.780. The van der Waals surface area contributed by atoms with Crippen molar-refractivity contribution in [2.45, 2.75) is 37.5 Å². The molecule has 0 saturated carbocycles. The molecule has 0 spiro atoms. The first kappa shape index (κ1) is 18.2. The van der Waals surface area contributed by atoms with E-state index in [1.54, 1.807) is 36.4 Å². The van der Waals surface area contributed by atoms with Gasteiger partial charge >= 0.3 is 0 Å². The van der Waals surface area contributed by atoms with E-state index in [-0.39, 0.29) is 11.8 Å². The SMILES string of the molecule is CC(C(O)c1ccc(O)cc1)N1CCC(O)(c2ccc(Cl)cc2)CC1. The minimum atomic E-state index is -0.843. The summed E-state index contributed by atoms with van der Waals surface area (Å²) < 4.78 is 0. The lowest BCUT2D eigenvalue weighted by Gasteiger charge is -2.42. The second-order valence-corrected chi connectivity index (χ2v) is 7.29. The fourth-order valence-electron chi connectivity index (χ4n) is 3.50. The second-order valence-electron chi connectivity index (χ2n) is 6.85. The van der Waals surface area contributed by atoms with E-state index in [9.17, 15) is 15.3 Å². The highest BCUT2D eigenvalue weighted by Gasteiger charge is 2.36. The van der Waals surface area contributed by atoms with E-state index >= 15 is 0 Å². The van der Waals surface area contributed by atoms with Crippen LogP contribution in [0.4, 0.5) is 0 Å². The van der Waals surface area contributed by atoms with Crippen molar-refractivity contribution in [1.82, 2.24) is 4.90 Å². The summed E-state index contributed by atoms with van der Waals surface area (Å²) >= 11 is 5.93. The first-order valence-corrected chi connectivity index (χ1v) is 8.96. The van der Waals surface area contributed by atoms with Crippen LogP contribution in [0.15, 0.2) is 48.5 Å². The van der Waals surface area contributed by atoms with Gasteiger partial charge in [-0.1, -0.05) is 35.9 Å². The van der Waals surface area contributed by atoms with Gasteiger partial charge in [0.15, 0.2) is 0 Å². The van der Waals surface area contributed by atoms with Crippen LogP contribution in [0, 0.1) is 0 Å². The average molecular weight is 362 g/mol. The number of phenols is 1. The number of hydrogen-bond acceptors (Lipinski definition) is 4. The van der Waals surface area contributed by atoms with Gasteiger partial charge in [0, 0.05) is 24.2 Å². The topological polar surface area (TPSA) is 63.9 Å². The highest BCUT2D eigenvalue weighted by Crippen LogP contribution is 2.35. The van der Waals surface area contributed by atoms with Crippen molar-refractivity contribution < 1.29 is 15.3 Å². The van der Waals surface area contributed by atoms with Crippen LogP contribution in [-0.4, -0.2) is 39.4 Å². The zero-order chi connectivity index (χ0) is 18.0. The zero-order valence-electron chi connectivity index (χ0n) is 14.3. The van der Waals surface area contributed by atoms with E-state index in [1.165, 1.54) is 0 Å². The molecular formula is C20H24ClNO3. The van der Waals surface area contributed by atoms with E-state index < -0.39 is 11.7 Å². The van der Waals surface area contributed by atoms with Gasteiger partial charge < -0.3 is 15.3 Å². The minimum absolute atomic E-state index is 0.0701. The molecule has 0 aromatic heterocycles. The number of halogens is 1. The minimum Gasteiger partial charge on any atom is -0.508 e. The van der Waals surface area contributed by atoms with Crippen LogP contribution < -0.4 is 0 Å². The van der Waals surface area contributed by atoms with Gasteiger partial charge in [0.1, 0.15) is 5.75 Å². The van der Waals surface area contributed by atoms with E-state index in [2.05, 4.69) is 4.90 Å². The van der Waals surface area contributed by atoms with E-state index in [1.807, 2.05) is 19.1 Å². The predicted molar refractivity (Wildman–Crippen MR) is 98.7 cm³/mol. The summed E-state index contributed by atoms with van der Waals surface area (Å²) in [6.07, 6.45) is 0.588. The fraction of sp³-hybridized carbons (Fsp3) is 0.400. The van der Waals surface area contributed by atoms with Crippen molar-refractivity contribution >= 4 is 11.6 Å². The zero-order valence-corrected chi connectivity index (χ0v) is 15.0. The lowest BCUT2D eigenvalue weighted by Crippen LogP contribution is -2.47. The van der Waals surface area contributed by atoms with Gasteiger partial charge in [0.25, 0.3) is 0 Å². The molecule has 1 aliphatic heterocycles. The third kappa shape index (κ3) is 3.98. The Labute approximate surface area is 153 Å². The molecule has 2 atom stereocenters. The molecule has 0 radical (unpaired) electrons. The third-order valence-corrected chi connectivity index (χ3v) is 5.53. The Morgan fingerprint density at radius 2 is 1.56 bits per heavy atom. The number of likely N-dealkylation sites (tertiary alicyclic amines) is 1. The Morgan fingerprint density at radius 3 is 2.12 bits per heavy atom. The molecule has 4 nitrogen and oxygen atoms in total. The maximum Gasteiger partial charge on any atom is 0.115 e. The molecular weight excluding hydrogens is 338 g/mol. The van der Waals surface area contributed by atoms with Gasteiger partial charge in [-0.05, 0) is 55.2 Å². The molecule has 2 aromatic rings. The highest BCUT2D eigenvalue weighted by molar-refractivity contribution is 6.30. The van der Waals surface area contributed by atoms with Crippen molar-refractivity contribution in [2.24, 2.45) is 0 Å². The van der Waals surface area contributed by atoms with Crippen LogP contribution in [0.1, 0.15) is 37.0 Å². The molecule has 5 heteroatoms. The molecule has 25 heavy (non-hydrogen) atoms. The van der Waals surface area contributed by atoms with Gasteiger partial charge in [0.05, 0.1) is 11.7 Å². The fourth-order valence-corrected chi connectivity index (χ4v) is 3.63. The number of rotatable bonds is 4. The summed E-state index contributed by atoms with van der Waals surface area (Å²) in [7, 11) is 0. The summed E-state index contributed by atoms with van der Waals surface area (Å²) in [4.78, 5) is 2.20. The maximum atomic E-state index is 11.0. The standard InChI is InChI=1S/C20H24ClNO3/c1-14(19(24)15-2-8-18(23)9-3-15)22-12-10-20(25,11-13-22)16-4-6-17(21)7-5-16/h2-9,14,19,23-25H,10-13H2,1H3. The summed E-state index contributed by atoms with van der Waals surface area (Å²) in [5.74, 6) is 0.189. The lowest BCUT2D eigenvalue weighted by molar-refractivity contribution is -0.0501. The van der Waals surface area contributed by atoms with Crippen molar-refractivity contribution in [3.05, 3.63) is 64.7 Å². The third-order valence-electron chi connectivity index (χ3n) is 5.27. The van der Waals surface area contributed by atoms with Crippen LogP contribution >= 0.6 is 11.6 Å². The van der Waals surface area contributed by atoms with Gasteiger partial charge in [-0.25, -0.2) is 0 Å². The molecule has 1 heterocycles. The molecule has 0 amide bonds. The van der Waals surface area contributed by atoms with Crippen LogP contribution in [0.3, 0.4) is 0 Å². The molecule has 1 aliphatic rings. The Hall–Kier alpha value is -1.59. The molecule has 134 valence electrons. The molecule has 2 aromatic carbocycles. The number of aliphatic hydroxyl groups excluding tert-OH is 1. The number of hydrogen-bond donors (Lipinski definition) is 3. The van der Waals surface area contributed by atoms with Crippen LogP contribution in [0.25, 0.3) is 0 Å². The summed E-state index contributed by atoms with van der Waals surface area (Å²) in [5, 5.41) is 31.6. The van der Waals surface area contributed by atoms with Crippen molar-refractivity contribution in [3.8, 4) is 5.75 Å². The van der Waals surface area contributed by atoms with Gasteiger partial charge in [-0.2, -0.15) is 0 Å². The van der Waals surface area contributed by atoms with Crippen molar-refractivity contribution in [2.75, 3.05) is 13.1 Å². The molecule has 1 fully saturated rings. The Morgan fingerprint density at radius 1 is 1.00 bits per heavy atom. The van der Waals surface area contributed by atoms with E-state index in [0.717, 1.165) is 11.1 Å². The average Bonchev–Trinajstić information content (AvgIpc) is 2.62. The monoisotopic (exact) mass is 361 g/mol. The van der Waals surface area contributed by atoms with Crippen LogP contribution in [0.5, 0.6) is 5.75 Å². The first-order valence-electron chi connectivity index (χ1n) is 8.58. The normalized spacial score (nSPS) is 20.2. The number of nitrogens with zero attached hydrogens (tertiary/aromatic N) is 1. The van der Waals surface area contributed by atoms with E-state index in [0.29, 0.717) is 31.0 Å². The summed E-state index contributed by atoms with van der Waals surface area (Å²) in [5.41, 5.74) is 0.830. The maximum absolute atomic E-state index is 11.0. The molecule has 3 N–H and O–H groups in total. The largest absolute Gasteiger partial charge is 0.508 e. The lowest BCUT2D eigenvalue weighted by atomic mass is 9.83.